The fraction of sp³-hybridized carbons (Fsp3) is 0.562. The van der Waals surface area contributed by atoms with Crippen LogP contribution in [0.2, 0.25) is 0 Å². The molecule has 0 saturated carbocycles. The summed E-state index contributed by atoms with van der Waals surface area (Å²) in [5.41, 5.74) is 0.276. The Kier molecular flexibility index (Phi) is 5.75. The standard InChI is InChI=1S/C16H20F2N2O.ClH/c17-12-2-5-15(18)11(9-12)1-6-16(21)20-8-7-13-3-4-14(10-20)19-13;/h2,5,9,13-14,19H,1,3-4,6-8,10H2;1H. The van der Waals surface area contributed by atoms with Crippen LogP contribution in [0.25, 0.3) is 0 Å². The highest BCUT2D eigenvalue weighted by Gasteiger charge is 2.30. The van der Waals surface area contributed by atoms with Crippen LogP contribution in [0.4, 0.5) is 8.78 Å². The summed E-state index contributed by atoms with van der Waals surface area (Å²) in [6.07, 6.45) is 3.78. The van der Waals surface area contributed by atoms with E-state index < -0.39 is 11.6 Å². The fourth-order valence-corrected chi connectivity index (χ4v) is 3.30. The molecule has 2 heterocycles. The van der Waals surface area contributed by atoms with Crippen LogP contribution < -0.4 is 5.32 Å². The summed E-state index contributed by atoms with van der Waals surface area (Å²) >= 11 is 0. The number of aryl methyl sites for hydroxylation is 1. The Morgan fingerprint density at radius 1 is 1.23 bits per heavy atom. The minimum Gasteiger partial charge on any atom is -0.341 e. The monoisotopic (exact) mass is 330 g/mol. The second-order valence-corrected chi connectivity index (χ2v) is 6.00. The maximum atomic E-state index is 13.5. The van der Waals surface area contributed by atoms with Crippen molar-refractivity contribution in [3.8, 4) is 0 Å². The average Bonchev–Trinajstić information content (AvgIpc) is 2.79. The van der Waals surface area contributed by atoms with Gasteiger partial charge in [0.15, 0.2) is 0 Å². The second-order valence-electron chi connectivity index (χ2n) is 6.00. The maximum absolute atomic E-state index is 13.5. The first-order chi connectivity index (χ1) is 10.1. The minimum absolute atomic E-state index is 0. The van der Waals surface area contributed by atoms with E-state index in [2.05, 4.69) is 5.32 Å². The van der Waals surface area contributed by atoms with Gasteiger partial charge >= 0.3 is 0 Å². The molecule has 3 nitrogen and oxygen atoms in total. The molecule has 122 valence electrons. The van der Waals surface area contributed by atoms with E-state index in [9.17, 15) is 13.6 Å². The Morgan fingerprint density at radius 3 is 2.82 bits per heavy atom. The molecule has 2 aliphatic heterocycles. The van der Waals surface area contributed by atoms with Crippen LogP contribution in [0.1, 0.15) is 31.2 Å². The summed E-state index contributed by atoms with van der Waals surface area (Å²) in [4.78, 5) is 14.1. The number of amides is 1. The third-order valence-corrected chi connectivity index (χ3v) is 4.49. The van der Waals surface area contributed by atoms with E-state index in [0.717, 1.165) is 38.1 Å². The molecule has 1 amide bonds. The number of nitrogens with one attached hydrogen (secondary N) is 1. The normalized spacial score (nSPS) is 23.8. The largest absolute Gasteiger partial charge is 0.341 e. The van der Waals surface area contributed by atoms with E-state index in [1.165, 1.54) is 12.5 Å². The highest BCUT2D eigenvalue weighted by molar-refractivity contribution is 5.85. The van der Waals surface area contributed by atoms with Gasteiger partial charge in [-0.25, -0.2) is 8.78 Å². The zero-order valence-electron chi connectivity index (χ0n) is 12.4. The van der Waals surface area contributed by atoms with Gasteiger partial charge in [0.05, 0.1) is 0 Å². The van der Waals surface area contributed by atoms with Crippen molar-refractivity contribution in [2.45, 2.75) is 44.2 Å². The Balaban J connectivity index is 0.00000176. The van der Waals surface area contributed by atoms with Crippen molar-refractivity contribution in [2.75, 3.05) is 13.1 Å². The van der Waals surface area contributed by atoms with Crippen molar-refractivity contribution < 1.29 is 13.6 Å². The third-order valence-electron chi connectivity index (χ3n) is 4.49. The first kappa shape index (κ1) is 17.2. The van der Waals surface area contributed by atoms with Gasteiger partial charge in [0.1, 0.15) is 11.6 Å². The number of nitrogens with zero attached hydrogens (tertiary/aromatic N) is 1. The lowest BCUT2D eigenvalue weighted by Gasteiger charge is -2.24. The van der Waals surface area contributed by atoms with E-state index >= 15 is 0 Å². The first-order valence-corrected chi connectivity index (χ1v) is 7.59. The number of hydrogen-bond donors (Lipinski definition) is 1. The molecule has 2 saturated heterocycles. The first-order valence-electron chi connectivity index (χ1n) is 7.59. The fourth-order valence-electron chi connectivity index (χ4n) is 3.30. The van der Waals surface area contributed by atoms with Crippen molar-refractivity contribution in [3.05, 3.63) is 35.4 Å². The van der Waals surface area contributed by atoms with Gasteiger partial charge in [-0.15, -0.1) is 12.4 Å². The molecule has 0 radical (unpaired) electrons. The lowest BCUT2D eigenvalue weighted by atomic mass is 10.1. The van der Waals surface area contributed by atoms with Crippen molar-refractivity contribution in [1.29, 1.82) is 0 Å². The number of benzene rings is 1. The van der Waals surface area contributed by atoms with Crippen LogP contribution in [0.3, 0.4) is 0 Å². The van der Waals surface area contributed by atoms with E-state index in [1.54, 1.807) is 0 Å². The third kappa shape index (κ3) is 3.96. The molecule has 1 aromatic carbocycles. The Bertz CT molecular complexity index is 541. The summed E-state index contributed by atoms with van der Waals surface area (Å²) < 4.78 is 26.7. The van der Waals surface area contributed by atoms with Crippen molar-refractivity contribution in [3.63, 3.8) is 0 Å². The van der Waals surface area contributed by atoms with Crippen LogP contribution in [0.15, 0.2) is 18.2 Å². The van der Waals surface area contributed by atoms with Crippen LogP contribution in [0, 0.1) is 11.6 Å². The number of likely N-dealkylation sites (tertiary alicyclic amines) is 1. The molecule has 0 spiro atoms. The van der Waals surface area contributed by atoms with Gasteiger partial charge < -0.3 is 10.2 Å². The Morgan fingerprint density at radius 2 is 2.00 bits per heavy atom. The van der Waals surface area contributed by atoms with Gasteiger partial charge in [0.2, 0.25) is 5.91 Å². The molecule has 2 fully saturated rings. The van der Waals surface area contributed by atoms with Crippen LogP contribution in [-0.4, -0.2) is 36.0 Å². The molecule has 2 aliphatic rings. The molecule has 1 aromatic rings. The quantitative estimate of drug-likeness (QED) is 0.924. The SMILES string of the molecule is Cl.O=C(CCc1cc(F)ccc1F)N1CCC2CCC(C1)N2. The number of rotatable bonds is 3. The number of halogens is 3. The molecule has 3 rings (SSSR count). The molecular formula is C16H21ClF2N2O. The number of carbonyl (C=O) groups excluding carboxylic acids is 1. The molecule has 0 aliphatic carbocycles. The zero-order chi connectivity index (χ0) is 14.8. The van der Waals surface area contributed by atoms with Gasteiger partial charge in [-0.05, 0) is 49.4 Å². The summed E-state index contributed by atoms with van der Waals surface area (Å²) in [6, 6.07) is 4.32. The predicted octanol–water partition coefficient (Wildman–Crippen LogP) is 2.67. The Hall–Kier alpha value is -1.20. The van der Waals surface area contributed by atoms with Crippen molar-refractivity contribution in [2.24, 2.45) is 0 Å². The number of hydrogen-bond acceptors (Lipinski definition) is 2. The minimum atomic E-state index is -0.463. The summed E-state index contributed by atoms with van der Waals surface area (Å²) in [5, 5.41) is 3.52. The van der Waals surface area contributed by atoms with Crippen LogP contribution in [0.5, 0.6) is 0 Å². The topological polar surface area (TPSA) is 32.3 Å². The maximum Gasteiger partial charge on any atom is 0.222 e. The molecule has 2 bridgehead atoms. The molecule has 2 atom stereocenters. The summed E-state index contributed by atoms with van der Waals surface area (Å²) in [7, 11) is 0. The van der Waals surface area contributed by atoms with Gasteiger partial charge in [-0.2, -0.15) is 0 Å². The number of carbonyl (C=O) groups is 1. The average molecular weight is 331 g/mol. The lowest BCUT2D eigenvalue weighted by molar-refractivity contribution is -0.131. The number of fused-ring (bicyclic) bond motifs is 2. The summed E-state index contributed by atoms with van der Waals surface area (Å²) in [6.45, 7) is 1.50. The molecule has 0 aromatic heterocycles. The zero-order valence-corrected chi connectivity index (χ0v) is 13.2. The van der Waals surface area contributed by atoms with E-state index in [1.807, 2.05) is 4.90 Å². The smallest absolute Gasteiger partial charge is 0.222 e. The van der Waals surface area contributed by atoms with E-state index in [-0.39, 0.29) is 36.7 Å². The van der Waals surface area contributed by atoms with E-state index in [0.29, 0.717) is 12.1 Å². The van der Waals surface area contributed by atoms with Gasteiger partial charge in [-0.1, -0.05) is 0 Å². The van der Waals surface area contributed by atoms with Gasteiger partial charge in [0, 0.05) is 31.6 Å². The molecule has 6 heteroatoms. The van der Waals surface area contributed by atoms with Crippen molar-refractivity contribution >= 4 is 18.3 Å². The van der Waals surface area contributed by atoms with Gasteiger partial charge in [-0.3, -0.25) is 4.79 Å². The van der Waals surface area contributed by atoms with E-state index in [4.69, 9.17) is 0 Å². The molecular weight excluding hydrogens is 310 g/mol. The van der Waals surface area contributed by atoms with Crippen molar-refractivity contribution in [1.82, 2.24) is 10.2 Å². The highest BCUT2D eigenvalue weighted by Crippen LogP contribution is 2.21. The molecule has 22 heavy (non-hydrogen) atoms. The highest BCUT2D eigenvalue weighted by atomic mass is 35.5. The predicted molar refractivity (Wildman–Crippen MR) is 83.1 cm³/mol. The summed E-state index contributed by atoms with van der Waals surface area (Å²) in [5.74, 6) is -0.871. The second kappa shape index (κ2) is 7.38. The van der Waals surface area contributed by atoms with Gasteiger partial charge in [0.25, 0.3) is 0 Å². The van der Waals surface area contributed by atoms with Crippen LogP contribution >= 0.6 is 12.4 Å². The van der Waals surface area contributed by atoms with Crippen LogP contribution in [-0.2, 0) is 11.2 Å². The lowest BCUT2D eigenvalue weighted by Crippen LogP contribution is -2.39. The molecule has 1 N–H and O–H groups in total. The molecule has 2 unspecified atom stereocenters. The Labute approximate surface area is 135 Å².